The molecule has 1 unspecified atom stereocenters. The molecule has 0 aliphatic heterocycles. The number of rotatable bonds is 5. The molecule has 0 saturated heterocycles. The SMILES string of the molecule is CCCNC1CCCc2c1cnn2Cc1ccccc1. The molecular weight excluding hydrogens is 246 g/mol. The van der Waals surface area contributed by atoms with Crippen LogP contribution >= 0.6 is 0 Å². The van der Waals surface area contributed by atoms with Crippen LogP contribution in [0.1, 0.15) is 49.0 Å². The normalized spacial score (nSPS) is 17.9. The van der Waals surface area contributed by atoms with Crippen LogP contribution in [0.3, 0.4) is 0 Å². The number of fused-ring (bicyclic) bond motifs is 1. The van der Waals surface area contributed by atoms with Crippen molar-refractivity contribution in [1.29, 1.82) is 0 Å². The largest absolute Gasteiger partial charge is 0.310 e. The number of aromatic nitrogens is 2. The van der Waals surface area contributed by atoms with E-state index in [9.17, 15) is 0 Å². The van der Waals surface area contributed by atoms with Gasteiger partial charge in [0.25, 0.3) is 0 Å². The van der Waals surface area contributed by atoms with E-state index in [-0.39, 0.29) is 0 Å². The molecule has 0 radical (unpaired) electrons. The number of benzene rings is 1. The third kappa shape index (κ3) is 2.78. The van der Waals surface area contributed by atoms with Crippen molar-refractivity contribution in [2.45, 2.75) is 45.2 Å². The number of hydrogen-bond acceptors (Lipinski definition) is 2. The summed E-state index contributed by atoms with van der Waals surface area (Å²) < 4.78 is 2.18. The first-order valence-electron chi connectivity index (χ1n) is 7.70. The highest BCUT2D eigenvalue weighted by atomic mass is 15.3. The molecular formula is C17H23N3. The monoisotopic (exact) mass is 269 g/mol. The lowest BCUT2D eigenvalue weighted by atomic mass is 9.93. The maximum Gasteiger partial charge on any atom is 0.0662 e. The van der Waals surface area contributed by atoms with Crippen LogP contribution in [0.25, 0.3) is 0 Å². The summed E-state index contributed by atoms with van der Waals surface area (Å²) in [6.45, 7) is 4.19. The molecule has 0 spiro atoms. The minimum Gasteiger partial charge on any atom is -0.310 e. The number of nitrogens with one attached hydrogen (secondary N) is 1. The van der Waals surface area contributed by atoms with Crippen molar-refractivity contribution < 1.29 is 0 Å². The van der Waals surface area contributed by atoms with Gasteiger partial charge >= 0.3 is 0 Å². The van der Waals surface area contributed by atoms with Crippen molar-refractivity contribution in [2.24, 2.45) is 0 Å². The predicted octanol–water partition coefficient (Wildman–Crippen LogP) is 3.31. The Balaban J connectivity index is 1.79. The average molecular weight is 269 g/mol. The summed E-state index contributed by atoms with van der Waals surface area (Å²) in [5.74, 6) is 0. The standard InChI is InChI=1S/C17H23N3/c1-2-11-18-16-9-6-10-17-15(16)12-19-20(17)13-14-7-4-3-5-8-14/h3-5,7-8,12,16,18H,2,6,9-11,13H2,1H3. The summed E-state index contributed by atoms with van der Waals surface area (Å²) in [4.78, 5) is 0. The van der Waals surface area contributed by atoms with Gasteiger partial charge in [0.15, 0.2) is 0 Å². The van der Waals surface area contributed by atoms with Gasteiger partial charge in [0.1, 0.15) is 0 Å². The first-order valence-corrected chi connectivity index (χ1v) is 7.70. The molecule has 20 heavy (non-hydrogen) atoms. The van der Waals surface area contributed by atoms with Gasteiger partial charge < -0.3 is 5.32 Å². The predicted molar refractivity (Wildman–Crippen MR) is 81.7 cm³/mol. The Morgan fingerprint density at radius 2 is 2.15 bits per heavy atom. The Kier molecular flexibility index (Phi) is 4.16. The molecule has 0 amide bonds. The second kappa shape index (κ2) is 6.23. The van der Waals surface area contributed by atoms with E-state index >= 15 is 0 Å². The topological polar surface area (TPSA) is 29.9 Å². The molecule has 0 saturated carbocycles. The summed E-state index contributed by atoms with van der Waals surface area (Å²) >= 11 is 0. The van der Waals surface area contributed by atoms with Gasteiger partial charge in [0.05, 0.1) is 12.7 Å². The number of nitrogens with zero attached hydrogens (tertiary/aromatic N) is 2. The zero-order valence-corrected chi connectivity index (χ0v) is 12.2. The quantitative estimate of drug-likeness (QED) is 0.902. The van der Waals surface area contributed by atoms with Crippen molar-refractivity contribution in [3.05, 3.63) is 53.3 Å². The van der Waals surface area contributed by atoms with Crippen LogP contribution < -0.4 is 5.32 Å². The van der Waals surface area contributed by atoms with Crippen LogP contribution in [0.4, 0.5) is 0 Å². The minimum atomic E-state index is 0.503. The molecule has 3 rings (SSSR count). The van der Waals surface area contributed by atoms with Gasteiger partial charge in [-0.25, -0.2) is 0 Å². The first kappa shape index (κ1) is 13.4. The van der Waals surface area contributed by atoms with Gasteiger partial charge in [-0.3, -0.25) is 4.68 Å². The summed E-state index contributed by atoms with van der Waals surface area (Å²) in [5, 5.41) is 8.28. The first-order chi connectivity index (χ1) is 9.88. The minimum absolute atomic E-state index is 0.503. The fourth-order valence-electron chi connectivity index (χ4n) is 3.04. The van der Waals surface area contributed by atoms with Crippen LogP contribution in [-0.2, 0) is 13.0 Å². The average Bonchev–Trinajstić information content (AvgIpc) is 2.90. The molecule has 1 aromatic heterocycles. The fourth-order valence-corrected chi connectivity index (χ4v) is 3.04. The van der Waals surface area contributed by atoms with Gasteiger partial charge in [0, 0.05) is 17.3 Å². The Bertz CT molecular complexity index is 545. The molecule has 3 nitrogen and oxygen atoms in total. The summed E-state index contributed by atoms with van der Waals surface area (Å²) in [7, 11) is 0. The van der Waals surface area contributed by atoms with Crippen molar-refractivity contribution in [3.8, 4) is 0 Å². The maximum absolute atomic E-state index is 4.63. The van der Waals surface area contributed by atoms with Crippen LogP contribution in [0.2, 0.25) is 0 Å². The lowest BCUT2D eigenvalue weighted by Gasteiger charge is -2.24. The Hall–Kier alpha value is -1.61. The van der Waals surface area contributed by atoms with Crippen LogP contribution in [0.15, 0.2) is 36.5 Å². The molecule has 1 atom stereocenters. The lowest BCUT2D eigenvalue weighted by molar-refractivity contribution is 0.451. The Morgan fingerprint density at radius 3 is 2.95 bits per heavy atom. The highest BCUT2D eigenvalue weighted by molar-refractivity contribution is 5.26. The molecule has 3 heteroatoms. The molecule has 1 N–H and O–H groups in total. The van der Waals surface area contributed by atoms with Gasteiger partial charge in [0.2, 0.25) is 0 Å². The molecule has 1 aliphatic carbocycles. The van der Waals surface area contributed by atoms with Crippen molar-refractivity contribution in [3.63, 3.8) is 0 Å². The highest BCUT2D eigenvalue weighted by Gasteiger charge is 2.23. The van der Waals surface area contributed by atoms with Gasteiger partial charge in [-0.2, -0.15) is 5.10 Å². The van der Waals surface area contributed by atoms with Crippen LogP contribution in [-0.4, -0.2) is 16.3 Å². The van der Waals surface area contributed by atoms with E-state index in [1.807, 2.05) is 0 Å². The summed E-state index contributed by atoms with van der Waals surface area (Å²) in [6.07, 6.45) is 6.92. The lowest BCUT2D eigenvalue weighted by Crippen LogP contribution is -2.26. The van der Waals surface area contributed by atoms with Crippen molar-refractivity contribution >= 4 is 0 Å². The van der Waals surface area contributed by atoms with Crippen molar-refractivity contribution in [1.82, 2.24) is 15.1 Å². The molecule has 1 aromatic carbocycles. The molecule has 2 aromatic rings. The van der Waals surface area contributed by atoms with E-state index in [1.165, 1.54) is 36.1 Å². The molecule has 1 heterocycles. The highest BCUT2D eigenvalue weighted by Crippen LogP contribution is 2.29. The second-order valence-electron chi connectivity index (χ2n) is 5.59. The van der Waals surface area contributed by atoms with Gasteiger partial charge in [-0.15, -0.1) is 0 Å². The maximum atomic E-state index is 4.63. The Labute approximate surface area is 121 Å². The van der Waals surface area contributed by atoms with Gasteiger partial charge in [-0.1, -0.05) is 37.3 Å². The van der Waals surface area contributed by atoms with E-state index in [0.717, 1.165) is 19.5 Å². The van der Waals surface area contributed by atoms with E-state index in [4.69, 9.17) is 0 Å². The second-order valence-corrected chi connectivity index (χ2v) is 5.59. The summed E-state index contributed by atoms with van der Waals surface area (Å²) in [6, 6.07) is 11.1. The van der Waals surface area contributed by atoms with Crippen molar-refractivity contribution in [2.75, 3.05) is 6.54 Å². The zero-order chi connectivity index (χ0) is 13.8. The van der Waals surface area contributed by atoms with E-state index in [1.54, 1.807) is 0 Å². The fraction of sp³-hybridized carbons (Fsp3) is 0.471. The molecule has 1 aliphatic rings. The van der Waals surface area contributed by atoms with E-state index < -0.39 is 0 Å². The van der Waals surface area contributed by atoms with E-state index in [2.05, 4.69) is 58.5 Å². The summed E-state index contributed by atoms with van der Waals surface area (Å²) in [5.41, 5.74) is 4.16. The Morgan fingerprint density at radius 1 is 1.30 bits per heavy atom. The molecule has 106 valence electrons. The third-order valence-corrected chi connectivity index (χ3v) is 4.08. The van der Waals surface area contributed by atoms with Gasteiger partial charge in [-0.05, 0) is 37.8 Å². The zero-order valence-electron chi connectivity index (χ0n) is 12.2. The molecule has 0 fully saturated rings. The molecule has 0 bridgehead atoms. The van der Waals surface area contributed by atoms with Crippen LogP contribution in [0.5, 0.6) is 0 Å². The third-order valence-electron chi connectivity index (χ3n) is 4.08. The van der Waals surface area contributed by atoms with E-state index in [0.29, 0.717) is 6.04 Å². The number of hydrogen-bond donors (Lipinski definition) is 1. The van der Waals surface area contributed by atoms with Crippen LogP contribution in [0, 0.1) is 0 Å². The smallest absolute Gasteiger partial charge is 0.0662 e.